The predicted octanol–water partition coefficient (Wildman–Crippen LogP) is 8.65. The third-order valence-electron chi connectivity index (χ3n) is 7.60. The van der Waals surface area contributed by atoms with E-state index in [2.05, 4.69) is 51.7 Å². The third-order valence-corrected chi connectivity index (χ3v) is 8.34. The molecule has 0 fully saturated rings. The first-order chi connectivity index (χ1) is 21.3. The zero-order valence-corrected chi connectivity index (χ0v) is 26.0. The monoisotopic (exact) mass is 624 g/mol. The number of carbonyl (C=O) groups excluding carboxylic acids is 1. The highest BCUT2D eigenvalue weighted by molar-refractivity contribution is 6.42. The van der Waals surface area contributed by atoms with Crippen molar-refractivity contribution in [1.82, 2.24) is 14.6 Å². The van der Waals surface area contributed by atoms with Crippen molar-refractivity contribution in [2.24, 2.45) is 5.10 Å². The summed E-state index contributed by atoms with van der Waals surface area (Å²) in [7, 11) is 0. The molecule has 3 aromatic heterocycles. The molecule has 0 spiro atoms. The Balaban J connectivity index is 1.10. The fourth-order valence-corrected chi connectivity index (χ4v) is 5.68. The highest BCUT2D eigenvalue weighted by atomic mass is 35.5. The van der Waals surface area contributed by atoms with Gasteiger partial charge in [-0.3, -0.25) is 4.79 Å². The topological polar surface area (TPSA) is 73.7 Å². The van der Waals surface area contributed by atoms with Gasteiger partial charge in [0.25, 0.3) is 0 Å². The average molecular weight is 626 g/mol. The summed E-state index contributed by atoms with van der Waals surface area (Å²) in [5.41, 5.74) is 9.97. The van der Waals surface area contributed by atoms with E-state index in [1.54, 1.807) is 24.4 Å². The summed E-state index contributed by atoms with van der Waals surface area (Å²) in [6.07, 6.45) is 1.66. The minimum Gasteiger partial charge on any atom is -0.486 e. The lowest BCUT2D eigenvalue weighted by Gasteiger charge is -2.10. The summed E-state index contributed by atoms with van der Waals surface area (Å²) >= 11 is 12.4. The first kappa shape index (κ1) is 29.4. The number of aryl methyl sites for hydroxylation is 2. The quantitative estimate of drug-likeness (QED) is 0.129. The van der Waals surface area contributed by atoms with Crippen LogP contribution in [0.15, 0.2) is 101 Å². The Hall–Kier alpha value is -4.72. The first-order valence-corrected chi connectivity index (χ1v) is 14.9. The van der Waals surface area contributed by atoms with E-state index in [0.717, 1.165) is 33.4 Å². The fourth-order valence-electron chi connectivity index (χ4n) is 5.35. The van der Waals surface area contributed by atoms with Crippen molar-refractivity contribution in [3.05, 3.63) is 141 Å². The van der Waals surface area contributed by atoms with Gasteiger partial charge in [-0.2, -0.15) is 5.10 Å². The molecule has 6 rings (SSSR count). The Morgan fingerprint density at radius 3 is 2.41 bits per heavy atom. The molecule has 3 aromatic carbocycles. The molecule has 44 heavy (non-hydrogen) atoms. The lowest BCUT2D eigenvalue weighted by atomic mass is 10.1. The van der Waals surface area contributed by atoms with E-state index in [0.29, 0.717) is 28.1 Å². The number of para-hydroxylation sites is 1. The van der Waals surface area contributed by atoms with E-state index in [1.807, 2.05) is 61.5 Å². The molecule has 1 amide bonds. The Morgan fingerprint density at radius 2 is 1.66 bits per heavy atom. The van der Waals surface area contributed by atoms with E-state index in [-0.39, 0.29) is 12.4 Å². The maximum atomic E-state index is 12.8. The van der Waals surface area contributed by atoms with Crippen LogP contribution in [0.1, 0.15) is 44.5 Å². The van der Waals surface area contributed by atoms with Crippen LogP contribution in [-0.4, -0.2) is 21.3 Å². The SMILES string of the molecule is Cc1ccc(C)n1-c1ccc(OCc2ccc(C(=O)N/N=C/c3c(C)n(Cc4ccc(Cl)c(Cl)c4)c4ccccc34)o2)cc1. The van der Waals surface area contributed by atoms with Gasteiger partial charge in [0.15, 0.2) is 5.76 Å². The molecule has 222 valence electrons. The number of benzene rings is 3. The van der Waals surface area contributed by atoms with Gasteiger partial charge in [0.05, 0.1) is 16.3 Å². The molecule has 0 atom stereocenters. The molecule has 0 bridgehead atoms. The normalized spacial score (nSPS) is 11.5. The van der Waals surface area contributed by atoms with Gasteiger partial charge in [-0.15, -0.1) is 0 Å². The summed E-state index contributed by atoms with van der Waals surface area (Å²) in [5, 5.41) is 6.31. The number of carbonyl (C=O) groups is 1. The number of amides is 1. The van der Waals surface area contributed by atoms with Crippen LogP contribution in [0.2, 0.25) is 10.0 Å². The van der Waals surface area contributed by atoms with Crippen LogP contribution >= 0.6 is 23.2 Å². The number of nitrogens with one attached hydrogen (secondary N) is 1. The molecule has 0 saturated heterocycles. The summed E-state index contributed by atoms with van der Waals surface area (Å²) in [4.78, 5) is 12.8. The highest BCUT2D eigenvalue weighted by Crippen LogP contribution is 2.28. The Bertz CT molecular complexity index is 1980. The van der Waals surface area contributed by atoms with Crippen LogP contribution < -0.4 is 10.2 Å². The van der Waals surface area contributed by atoms with Crippen LogP contribution in [0.25, 0.3) is 16.6 Å². The second kappa shape index (κ2) is 12.5. The molecule has 6 aromatic rings. The third kappa shape index (κ3) is 6.02. The van der Waals surface area contributed by atoms with Gasteiger partial charge in [0.2, 0.25) is 0 Å². The molecular weight excluding hydrogens is 595 g/mol. The molecule has 0 aliphatic carbocycles. The van der Waals surface area contributed by atoms with E-state index < -0.39 is 5.91 Å². The van der Waals surface area contributed by atoms with E-state index in [4.69, 9.17) is 32.4 Å². The van der Waals surface area contributed by atoms with Crippen LogP contribution in [-0.2, 0) is 13.2 Å². The maximum absolute atomic E-state index is 12.8. The number of halogens is 2. The van der Waals surface area contributed by atoms with E-state index in [9.17, 15) is 4.79 Å². The van der Waals surface area contributed by atoms with Crippen molar-refractivity contribution in [2.75, 3.05) is 0 Å². The Kier molecular flexibility index (Phi) is 8.33. The molecular formula is C35H30Cl2N4O3. The summed E-state index contributed by atoms with van der Waals surface area (Å²) in [6, 6.07) is 29.1. The predicted molar refractivity (Wildman–Crippen MR) is 176 cm³/mol. The maximum Gasteiger partial charge on any atom is 0.307 e. The number of hydrogen-bond acceptors (Lipinski definition) is 4. The standard InChI is InChI=1S/C35H30Cl2N4O3/c1-22-8-9-23(2)41(22)26-11-13-27(14-12-26)43-21-28-15-17-34(44-28)35(42)39-38-19-30-24(3)40(33-7-5-4-6-29(30)33)20-25-10-16-31(36)32(37)18-25/h4-19H,20-21H2,1-3H3,(H,39,42)/b38-19+. The smallest absolute Gasteiger partial charge is 0.307 e. The molecule has 0 aliphatic heterocycles. The van der Waals surface area contributed by atoms with Gasteiger partial charge >= 0.3 is 5.91 Å². The minimum absolute atomic E-state index is 0.147. The molecule has 1 N–H and O–H groups in total. The van der Waals surface area contributed by atoms with Crippen LogP contribution in [0, 0.1) is 20.8 Å². The second-order valence-electron chi connectivity index (χ2n) is 10.6. The Morgan fingerprint density at radius 1 is 0.909 bits per heavy atom. The van der Waals surface area contributed by atoms with E-state index >= 15 is 0 Å². The molecule has 9 heteroatoms. The molecule has 0 radical (unpaired) electrons. The fraction of sp³-hybridized carbons (Fsp3) is 0.143. The molecule has 0 unspecified atom stereocenters. The molecule has 0 saturated carbocycles. The summed E-state index contributed by atoms with van der Waals surface area (Å²) in [6.45, 7) is 6.98. The van der Waals surface area contributed by atoms with Gasteiger partial charge in [0.1, 0.15) is 18.1 Å². The van der Waals surface area contributed by atoms with Crippen molar-refractivity contribution in [3.8, 4) is 11.4 Å². The summed E-state index contributed by atoms with van der Waals surface area (Å²) < 4.78 is 16.0. The van der Waals surface area contributed by atoms with Crippen LogP contribution in [0.3, 0.4) is 0 Å². The largest absolute Gasteiger partial charge is 0.486 e. The number of hydrogen-bond donors (Lipinski definition) is 1. The first-order valence-electron chi connectivity index (χ1n) is 14.1. The zero-order chi connectivity index (χ0) is 30.8. The van der Waals surface area contributed by atoms with Crippen LogP contribution in [0.5, 0.6) is 5.75 Å². The van der Waals surface area contributed by atoms with Crippen molar-refractivity contribution < 1.29 is 13.9 Å². The van der Waals surface area contributed by atoms with Crippen molar-refractivity contribution >= 4 is 46.2 Å². The van der Waals surface area contributed by atoms with Crippen molar-refractivity contribution in [1.29, 1.82) is 0 Å². The zero-order valence-electron chi connectivity index (χ0n) is 24.5. The number of hydrazone groups is 1. The number of aromatic nitrogens is 2. The number of ether oxygens (including phenoxy) is 1. The van der Waals surface area contributed by atoms with Crippen molar-refractivity contribution in [2.45, 2.75) is 33.9 Å². The van der Waals surface area contributed by atoms with Crippen molar-refractivity contribution in [3.63, 3.8) is 0 Å². The molecule has 0 aliphatic rings. The highest BCUT2D eigenvalue weighted by Gasteiger charge is 2.15. The lowest BCUT2D eigenvalue weighted by molar-refractivity contribution is 0.0923. The number of nitrogens with zero attached hydrogens (tertiary/aromatic N) is 3. The van der Waals surface area contributed by atoms with Gasteiger partial charge in [0, 0.05) is 45.8 Å². The number of rotatable bonds is 9. The molecule has 7 nitrogen and oxygen atoms in total. The van der Waals surface area contributed by atoms with Gasteiger partial charge in [-0.25, -0.2) is 5.43 Å². The number of fused-ring (bicyclic) bond motifs is 1. The van der Waals surface area contributed by atoms with Gasteiger partial charge in [-0.05, 0) is 93.1 Å². The average Bonchev–Trinajstić information content (AvgIpc) is 3.71. The van der Waals surface area contributed by atoms with Crippen LogP contribution in [0.4, 0.5) is 0 Å². The number of furan rings is 1. The molecule has 3 heterocycles. The van der Waals surface area contributed by atoms with Gasteiger partial charge in [-0.1, -0.05) is 47.5 Å². The van der Waals surface area contributed by atoms with Gasteiger partial charge < -0.3 is 18.3 Å². The second-order valence-corrected chi connectivity index (χ2v) is 11.4. The van der Waals surface area contributed by atoms with E-state index in [1.165, 1.54) is 11.4 Å². The Labute approximate surface area is 265 Å². The summed E-state index contributed by atoms with van der Waals surface area (Å²) in [5.74, 6) is 0.929. The minimum atomic E-state index is -0.452. The lowest BCUT2D eigenvalue weighted by Crippen LogP contribution is -2.16.